The normalized spacial score (nSPS) is 20.6. The fourth-order valence-corrected chi connectivity index (χ4v) is 5.98. The van der Waals surface area contributed by atoms with Gasteiger partial charge < -0.3 is 25.6 Å². The first-order valence-electron chi connectivity index (χ1n) is 13.1. The van der Waals surface area contributed by atoms with Gasteiger partial charge in [-0.05, 0) is 42.4 Å². The number of thiophene rings is 1. The maximum Gasteiger partial charge on any atom is 0.414 e. The number of nitrogens with two attached hydrogens (primary N) is 1. The quantitative estimate of drug-likeness (QED) is 0.530. The van der Waals surface area contributed by atoms with Crippen LogP contribution in [0.1, 0.15) is 40.5 Å². The fraction of sp³-hybridized carbons (Fsp3) is 0.500. The van der Waals surface area contributed by atoms with Crippen LogP contribution in [0.5, 0.6) is 5.06 Å². The Morgan fingerprint density at radius 2 is 1.76 bits per heavy atom. The van der Waals surface area contributed by atoms with Crippen LogP contribution in [-0.2, 0) is 14.4 Å². The molecule has 0 aliphatic carbocycles. The monoisotopic (exact) mass is 540 g/mol. The Morgan fingerprint density at radius 1 is 1.05 bits per heavy atom. The van der Waals surface area contributed by atoms with Gasteiger partial charge in [0.1, 0.15) is 12.1 Å². The molecule has 3 amide bonds. The third-order valence-electron chi connectivity index (χ3n) is 7.12. The molecule has 38 heavy (non-hydrogen) atoms. The minimum atomic E-state index is -0.856. The van der Waals surface area contributed by atoms with Crippen molar-refractivity contribution in [3.8, 4) is 15.5 Å². The van der Waals surface area contributed by atoms with Gasteiger partial charge >= 0.3 is 6.09 Å². The highest BCUT2D eigenvalue weighted by atomic mass is 32.1. The smallest absolute Gasteiger partial charge is 0.399 e. The number of hydrogen-bond donors (Lipinski definition) is 2. The average Bonchev–Trinajstić information content (AvgIpc) is 3.60. The van der Waals surface area contributed by atoms with Gasteiger partial charge in [0.15, 0.2) is 10.8 Å². The lowest BCUT2D eigenvalue weighted by molar-refractivity contribution is -0.138. The maximum atomic E-state index is 13.6. The molecule has 2 aromatic rings. The number of likely N-dealkylation sites (tertiary alicyclic amines) is 2. The van der Waals surface area contributed by atoms with Crippen LogP contribution in [0.4, 0.5) is 4.79 Å². The summed E-state index contributed by atoms with van der Waals surface area (Å²) < 4.78 is 5.51. The third kappa shape index (κ3) is 5.91. The van der Waals surface area contributed by atoms with Gasteiger partial charge in [-0.15, -0.1) is 0 Å². The van der Waals surface area contributed by atoms with Gasteiger partial charge in [-0.25, -0.2) is 4.79 Å². The van der Waals surface area contributed by atoms with Crippen molar-refractivity contribution in [2.24, 2.45) is 17.6 Å². The molecule has 4 atom stereocenters. The largest absolute Gasteiger partial charge is 0.414 e. The van der Waals surface area contributed by atoms with E-state index in [1.165, 1.54) is 21.1 Å². The summed E-state index contributed by atoms with van der Waals surface area (Å²) in [6, 6.07) is 10.7. The fourth-order valence-electron chi connectivity index (χ4n) is 5.12. The highest BCUT2D eigenvalue weighted by Crippen LogP contribution is 2.33. The maximum absolute atomic E-state index is 13.6. The molecule has 1 aromatic carbocycles. The van der Waals surface area contributed by atoms with Crippen molar-refractivity contribution in [2.45, 2.75) is 64.7 Å². The number of nitrogens with one attached hydrogen (secondary N) is 1. The number of hydrogen-bond acceptors (Lipinski definition) is 7. The number of Topliss-reactive ketones (excluding diaryl/α,β-unsaturated/α-hetero) is 1. The van der Waals surface area contributed by atoms with E-state index in [0.717, 1.165) is 10.4 Å². The highest BCUT2D eigenvalue weighted by Gasteiger charge is 2.52. The molecule has 2 saturated heterocycles. The molecule has 1 aromatic heterocycles. The van der Waals surface area contributed by atoms with Crippen molar-refractivity contribution < 1.29 is 23.9 Å². The number of ether oxygens (including phenoxy) is 1. The van der Waals surface area contributed by atoms with Crippen molar-refractivity contribution in [1.82, 2.24) is 15.1 Å². The summed E-state index contributed by atoms with van der Waals surface area (Å²) in [4.78, 5) is 56.3. The van der Waals surface area contributed by atoms with Crippen molar-refractivity contribution in [3.63, 3.8) is 0 Å². The van der Waals surface area contributed by atoms with E-state index in [0.29, 0.717) is 24.4 Å². The third-order valence-corrected chi connectivity index (χ3v) is 8.13. The van der Waals surface area contributed by atoms with Crippen LogP contribution in [0.2, 0.25) is 0 Å². The SMILES string of the molecule is CC(C)CC(NC(=O)Oc1ccc(-c2ccccc2)s1)C(=O)N1CCC2C1C(=O)CN2C(=O)C(N)C(C)C. The summed E-state index contributed by atoms with van der Waals surface area (Å²) >= 11 is 1.34. The van der Waals surface area contributed by atoms with Crippen molar-refractivity contribution in [1.29, 1.82) is 0 Å². The lowest BCUT2D eigenvalue weighted by Crippen LogP contribution is -2.53. The number of amides is 3. The molecule has 3 heterocycles. The molecule has 4 unspecified atom stereocenters. The summed E-state index contributed by atoms with van der Waals surface area (Å²) in [7, 11) is 0. The molecule has 0 spiro atoms. The van der Waals surface area contributed by atoms with E-state index in [-0.39, 0.29) is 36.0 Å². The molecular formula is C28H36N4O5S. The Balaban J connectivity index is 1.43. The van der Waals surface area contributed by atoms with E-state index < -0.39 is 30.3 Å². The van der Waals surface area contributed by atoms with Crippen LogP contribution >= 0.6 is 11.3 Å². The van der Waals surface area contributed by atoms with Gasteiger partial charge in [-0.2, -0.15) is 0 Å². The lowest BCUT2D eigenvalue weighted by Gasteiger charge is -2.29. The van der Waals surface area contributed by atoms with Crippen LogP contribution in [0.3, 0.4) is 0 Å². The van der Waals surface area contributed by atoms with Crippen molar-refractivity contribution in [2.75, 3.05) is 13.1 Å². The van der Waals surface area contributed by atoms with E-state index >= 15 is 0 Å². The molecular weight excluding hydrogens is 504 g/mol. The minimum absolute atomic E-state index is 0.0508. The molecule has 2 fully saturated rings. The van der Waals surface area contributed by atoms with Crippen LogP contribution < -0.4 is 15.8 Å². The standard InChI is InChI=1S/C28H36N4O5S/c1-16(2)14-19(30-28(36)37-23-11-10-22(38-23)18-8-6-5-7-9-18)26(34)31-13-12-20-25(31)21(33)15-32(20)27(35)24(29)17(3)4/h5-11,16-17,19-20,24-25H,12-15,29H2,1-4H3,(H,30,36). The van der Waals surface area contributed by atoms with E-state index in [1.54, 1.807) is 6.07 Å². The van der Waals surface area contributed by atoms with Gasteiger partial charge in [0.25, 0.3) is 0 Å². The molecule has 3 N–H and O–H groups in total. The Bertz CT molecular complexity index is 1180. The van der Waals surface area contributed by atoms with Crippen molar-refractivity contribution >= 4 is 35.0 Å². The molecule has 10 heteroatoms. The lowest BCUT2D eigenvalue weighted by atomic mass is 10.0. The van der Waals surface area contributed by atoms with Crippen LogP contribution in [0.15, 0.2) is 42.5 Å². The molecule has 0 saturated carbocycles. The van der Waals surface area contributed by atoms with Gasteiger partial charge in [0.05, 0.1) is 18.6 Å². The van der Waals surface area contributed by atoms with Gasteiger partial charge in [0, 0.05) is 11.4 Å². The van der Waals surface area contributed by atoms with Crippen LogP contribution in [-0.4, -0.2) is 70.7 Å². The number of rotatable bonds is 8. The first-order valence-corrected chi connectivity index (χ1v) is 13.9. The highest BCUT2D eigenvalue weighted by molar-refractivity contribution is 7.17. The molecule has 9 nitrogen and oxygen atoms in total. The van der Waals surface area contributed by atoms with Gasteiger partial charge in [-0.1, -0.05) is 69.4 Å². The average molecular weight is 541 g/mol. The summed E-state index contributed by atoms with van der Waals surface area (Å²) in [5.74, 6) is -0.733. The number of carbonyl (C=O) groups excluding carboxylic acids is 4. The first-order chi connectivity index (χ1) is 18.1. The Kier molecular flexibility index (Phi) is 8.52. The zero-order valence-corrected chi connectivity index (χ0v) is 23.1. The second kappa shape index (κ2) is 11.7. The second-order valence-electron chi connectivity index (χ2n) is 10.7. The molecule has 0 radical (unpaired) electrons. The predicted molar refractivity (Wildman–Crippen MR) is 146 cm³/mol. The molecule has 2 aliphatic rings. The molecule has 4 rings (SSSR count). The Morgan fingerprint density at radius 3 is 2.42 bits per heavy atom. The van der Waals surface area contributed by atoms with E-state index in [4.69, 9.17) is 10.5 Å². The number of benzene rings is 1. The van der Waals surface area contributed by atoms with Crippen LogP contribution in [0.25, 0.3) is 10.4 Å². The predicted octanol–water partition coefficient (Wildman–Crippen LogP) is 3.28. The number of carbonyl (C=O) groups is 4. The zero-order valence-electron chi connectivity index (χ0n) is 22.3. The number of nitrogens with zero attached hydrogens (tertiary/aromatic N) is 2. The van der Waals surface area contributed by atoms with Crippen molar-refractivity contribution in [3.05, 3.63) is 42.5 Å². The Labute approximate surface area is 227 Å². The summed E-state index contributed by atoms with van der Waals surface area (Å²) in [6.07, 6.45) is 0.157. The van der Waals surface area contributed by atoms with Crippen LogP contribution in [0, 0.1) is 11.8 Å². The minimum Gasteiger partial charge on any atom is -0.399 e. The van der Waals surface area contributed by atoms with Gasteiger partial charge in [0.2, 0.25) is 11.8 Å². The second-order valence-corrected chi connectivity index (χ2v) is 11.8. The first kappa shape index (κ1) is 27.8. The summed E-state index contributed by atoms with van der Waals surface area (Å²) in [6.45, 7) is 7.92. The van der Waals surface area contributed by atoms with Gasteiger partial charge in [-0.3, -0.25) is 14.4 Å². The Hall–Kier alpha value is -3.24. The molecule has 204 valence electrons. The van der Waals surface area contributed by atoms with E-state index in [9.17, 15) is 19.2 Å². The summed E-state index contributed by atoms with van der Waals surface area (Å²) in [5.41, 5.74) is 7.10. The number of ketones is 1. The molecule has 0 bridgehead atoms. The van der Waals surface area contributed by atoms with E-state index in [1.807, 2.05) is 64.1 Å². The zero-order chi connectivity index (χ0) is 27.6. The molecule has 2 aliphatic heterocycles. The number of fused-ring (bicyclic) bond motifs is 1. The summed E-state index contributed by atoms with van der Waals surface area (Å²) in [5, 5.41) is 3.14. The van der Waals surface area contributed by atoms with E-state index in [2.05, 4.69) is 5.32 Å². The topological polar surface area (TPSA) is 122 Å².